The Morgan fingerprint density at radius 2 is 2.00 bits per heavy atom. The molecule has 76 valence electrons. The largest absolute Gasteiger partial charge is 0.198 e. The summed E-state index contributed by atoms with van der Waals surface area (Å²) in [5, 5.41) is 17.9. The molecule has 4 atom stereocenters. The van der Waals surface area contributed by atoms with Gasteiger partial charge in [0, 0.05) is 0 Å². The number of rotatable bonds is 3. The van der Waals surface area contributed by atoms with Crippen LogP contribution in [0.2, 0.25) is 0 Å². The molecule has 1 aliphatic rings. The lowest BCUT2D eigenvalue weighted by Crippen LogP contribution is -2.17. The van der Waals surface area contributed by atoms with Crippen molar-refractivity contribution in [1.82, 2.24) is 0 Å². The lowest BCUT2D eigenvalue weighted by molar-refractivity contribution is 0.341. The molecule has 0 aromatic rings. The molecule has 0 aliphatic heterocycles. The minimum atomic E-state index is -0.111. The lowest BCUT2D eigenvalue weighted by atomic mass is 9.82. The Morgan fingerprint density at radius 3 is 2.43 bits per heavy atom. The van der Waals surface area contributed by atoms with Crippen molar-refractivity contribution >= 4 is 0 Å². The van der Waals surface area contributed by atoms with Crippen LogP contribution >= 0.6 is 0 Å². The summed E-state index contributed by atoms with van der Waals surface area (Å²) < 4.78 is 0. The summed E-state index contributed by atoms with van der Waals surface area (Å²) in [5.74, 6) is 1.11. The van der Waals surface area contributed by atoms with Gasteiger partial charge in [0.1, 0.15) is 0 Å². The van der Waals surface area contributed by atoms with Gasteiger partial charge in [-0.2, -0.15) is 10.5 Å². The average Bonchev–Trinajstić information content (AvgIpc) is 2.67. The maximum absolute atomic E-state index is 9.05. The Hall–Kier alpha value is -1.02. The van der Waals surface area contributed by atoms with E-state index < -0.39 is 0 Å². The number of hydrogen-bond acceptors (Lipinski definition) is 2. The van der Waals surface area contributed by atoms with E-state index in [4.69, 9.17) is 10.5 Å². The smallest absolute Gasteiger partial charge is 0.0672 e. The SMILES string of the molecule is CCC1CCC(C(C#N)C(C)C#N)C1. The molecule has 0 saturated heterocycles. The molecule has 2 heteroatoms. The van der Waals surface area contributed by atoms with Crippen LogP contribution < -0.4 is 0 Å². The highest BCUT2D eigenvalue weighted by atomic mass is 14.4. The standard InChI is InChI=1S/C12H18N2/c1-3-10-4-5-11(6-10)12(8-14)9(2)7-13/h9-12H,3-6H2,1-2H3. The molecule has 4 unspecified atom stereocenters. The molecule has 0 radical (unpaired) electrons. The first kappa shape index (κ1) is 11.1. The van der Waals surface area contributed by atoms with E-state index in [1.54, 1.807) is 0 Å². The van der Waals surface area contributed by atoms with Crippen molar-refractivity contribution in [2.45, 2.75) is 39.5 Å². The zero-order valence-corrected chi connectivity index (χ0v) is 9.03. The molecule has 0 N–H and O–H groups in total. The van der Waals surface area contributed by atoms with Crippen LogP contribution in [0.4, 0.5) is 0 Å². The van der Waals surface area contributed by atoms with Gasteiger partial charge in [0.2, 0.25) is 0 Å². The molecule has 1 rings (SSSR count). The van der Waals surface area contributed by atoms with Crippen LogP contribution in [0.3, 0.4) is 0 Å². The highest BCUT2D eigenvalue weighted by Gasteiger charge is 2.33. The molecular weight excluding hydrogens is 172 g/mol. The number of nitrogens with zero attached hydrogens (tertiary/aromatic N) is 2. The van der Waals surface area contributed by atoms with Crippen LogP contribution in [0.1, 0.15) is 39.5 Å². The molecule has 0 bridgehead atoms. The monoisotopic (exact) mass is 190 g/mol. The molecule has 1 saturated carbocycles. The van der Waals surface area contributed by atoms with E-state index in [1.165, 1.54) is 12.8 Å². The molecule has 1 aliphatic carbocycles. The van der Waals surface area contributed by atoms with Crippen LogP contribution in [-0.4, -0.2) is 0 Å². The second-order valence-corrected chi connectivity index (χ2v) is 4.42. The van der Waals surface area contributed by atoms with Crippen molar-refractivity contribution in [3.05, 3.63) is 0 Å². The first-order valence-corrected chi connectivity index (χ1v) is 5.52. The molecule has 2 nitrogen and oxygen atoms in total. The summed E-state index contributed by atoms with van der Waals surface area (Å²) in [6, 6.07) is 4.52. The van der Waals surface area contributed by atoms with Crippen molar-refractivity contribution in [2.75, 3.05) is 0 Å². The first-order chi connectivity index (χ1) is 6.72. The topological polar surface area (TPSA) is 47.6 Å². The summed E-state index contributed by atoms with van der Waals surface area (Å²) in [6.45, 7) is 4.08. The van der Waals surface area contributed by atoms with Gasteiger partial charge in [-0.05, 0) is 31.6 Å². The van der Waals surface area contributed by atoms with E-state index in [9.17, 15) is 0 Å². The summed E-state index contributed by atoms with van der Waals surface area (Å²) in [4.78, 5) is 0. The molecule has 0 amide bonds. The second-order valence-electron chi connectivity index (χ2n) is 4.42. The second kappa shape index (κ2) is 5.01. The fourth-order valence-corrected chi connectivity index (χ4v) is 2.52. The summed E-state index contributed by atoms with van der Waals surface area (Å²) in [6.07, 6.45) is 4.76. The maximum Gasteiger partial charge on any atom is 0.0672 e. The van der Waals surface area contributed by atoms with E-state index in [0.29, 0.717) is 5.92 Å². The third-order valence-electron chi connectivity index (χ3n) is 3.56. The fourth-order valence-electron chi connectivity index (χ4n) is 2.52. The predicted molar refractivity (Wildman–Crippen MR) is 55.0 cm³/mol. The first-order valence-electron chi connectivity index (χ1n) is 5.52. The van der Waals surface area contributed by atoms with E-state index in [0.717, 1.165) is 18.8 Å². The molecule has 0 aromatic heterocycles. The van der Waals surface area contributed by atoms with Gasteiger partial charge in [0.25, 0.3) is 0 Å². The normalized spacial score (nSPS) is 30.3. The average molecular weight is 190 g/mol. The quantitative estimate of drug-likeness (QED) is 0.686. The van der Waals surface area contributed by atoms with Crippen LogP contribution in [0.15, 0.2) is 0 Å². The molecule has 0 aromatic carbocycles. The molecule has 14 heavy (non-hydrogen) atoms. The zero-order valence-electron chi connectivity index (χ0n) is 9.03. The van der Waals surface area contributed by atoms with Crippen molar-refractivity contribution < 1.29 is 0 Å². The van der Waals surface area contributed by atoms with Gasteiger partial charge in [0.15, 0.2) is 0 Å². The van der Waals surface area contributed by atoms with Gasteiger partial charge in [-0.25, -0.2) is 0 Å². The van der Waals surface area contributed by atoms with Crippen LogP contribution in [-0.2, 0) is 0 Å². The third kappa shape index (κ3) is 2.26. The molecule has 1 fully saturated rings. The lowest BCUT2D eigenvalue weighted by Gasteiger charge is -2.18. The Bertz CT molecular complexity index is 258. The van der Waals surface area contributed by atoms with Crippen LogP contribution in [0.5, 0.6) is 0 Å². The van der Waals surface area contributed by atoms with Gasteiger partial charge < -0.3 is 0 Å². The Balaban J connectivity index is 2.57. The fraction of sp³-hybridized carbons (Fsp3) is 0.833. The Morgan fingerprint density at radius 1 is 1.29 bits per heavy atom. The van der Waals surface area contributed by atoms with E-state index in [2.05, 4.69) is 19.1 Å². The molecule has 0 spiro atoms. The maximum atomic E-state index is 9.05. The van der Waals surface area contributed by atoms with Gasteiger partial charge in [-0.3, -0.25) is 0 Å². The van der Waals surface area contributed by atoms with Gasteiger partial charge >= 0.3 is 0 Å². The van der Waals surface area contributed by atoms with Gasteiger partial charge in [-0.15, -0.1) is 0 Å². The third-order valence-corrected chi connectivity index (χ3v) is 3.56. The molecular formula is C12H18N2. The highest BCUT2D eigenvalue weighted by molar-refractivity contribution is 5.00. The zero-order chi connectivity index (χ0) is 10.6. The molecule has 0 heterocycles. The minimum absolute atomic E-state index is 0.0449. The van der Waals surface area contributed by atoms with Gasteiger partial charge in [0.05, 0.1) is 24.0 Å². The van der Waals surface area contributed by atoms with Crippen molar-refractivity contribution in [1.29, 1.82) is 10.5 Å². The van der Waals surface area contributed by atoms with E-state index >= 15 is 0 Å². The van der Waals surface area contributed by atoms with Crippen molar-refractivity contribution in [3.63, 3.8) is 0 Å². The van der Waals surface area contributed by atoms with E-state index in [1.807, 2.05) is 6.92 Å². The number of nitriles is 2. The minimum Gasteiger partial charge on any atom is -0.198 e. The summed E-state index contributed by atoms with van der Waals surface area (Å²) in [5.41, 5.74) is 0. The summed E-state index contributed by atoms with van der Waals surface area (Å²) in [7, 11) is 0. The van der Waals surface area contributed by atoms with Crippen molar-refractivity contribution in [2.24, 2.45) is 23.7 Å². The van der Waals surface area contributed by atoms with E-state index in [-0.39, 0.29) is 11.8 Å². The Kier molecular flexibility index (Phi) is 3.96. The number of hydrogen-bond donors (Lipinski definition) is 0. The van der Waals surface area contributed by atoms with Crippen LogP contribution in [0.25, 0.3) is 0 Å². The highest BCUT2D eigenvalue weighted by Crippen LogP contribution is 2.39. The predicted octanol–water partition coefficient (Wildman–Crippen LogP) is 3.11. The summed E-state index contributed by atoms with van der Waals surface area (Å²) >= 11 is 0. The van der Waals surface area contributed by atoms with Crippen LogP contribution in [0, 0.1) is 46.3 Å². The van der Waals surface area contributed by atoms with Gasteiger partial charge in [-0.1, -0.05) is 19.8 Å². The Labute approximate surface area is 86.5 Å². The van der Waals surface area contributed by atoms with Crippen molar-refractivity contribution in [3.8, 4) is 12.1 Å².